The molecule has 0 saturated carbocycles. The van der Waals surface area contributed by atoms with E-state index in [1.54, 1.807) is 0 Å². The number of allylic oxidation sites excluding steroid dienone is 1. The standard InChI is InChI=1S/C39H76NO8P/c1-6-8-10-12-14-16-18-19-20-21-22-24-26-28-30-32-39(42)48-37(36-47-49(43,44)46-34-33-40(3,4)5)35-45-38(41)31-29-27-25-23-17-15-13-11-9-7-2/h6,37H,1,7-36H2,2-5H3/t37-/m1/s1. The number of likely N-dealkylation sites (N-methyl/N-ethyl adjacent to an activating group) is 1. The normalized spacial score (nSPS) is 13.6. The number of unbranched alkanes of at least 4 members (excludes halogenated alkanes) is 22. The average molecular weight is 718 g/mol. The van der Waals surface area contributed by atoms with E-state index in [-0.39, 0.29) is 32.0 Å². The van der Waals surface area contributed by atoms with Crippen molar-refractivity contribution in [3.63, 3.8) is 0 Å². The Morgan fingerprint density at radius 2 is 1.08 bits per heavy atom. The van der Waals surface area contributed by atoms with Crippen LogP contribution in [0.5, 0.6) is 0 Å². The highest BCUT2D eigenvalue weighted by Gasteiger charge is 2.21. The third kappa shape index (κ3) is 36.3. The highest BCUT2D eigenvalue weighted by Crippen LogP contribution is 2.38. The Morgan fingerprint density at radius 3 is 1.53 bits per heavy atom. The summed E-state index contributed by atoms with van der Waals surface area (Å²) in [7, 11) is 1.17. The van der Waals surface area contributed by atoms with Crippen molar-refractivity contribution in [2.75, 3.05) is 47.5 Å². The first-order chi connectivity index (χ1) is 23.5. The van der Waals surface area contributed by atoms with E-state index in [9.17, 15) is 19.0 Å². The van der Waals surface area contributed by atoms with Gasteiger partial charge in [-0.3, -0.25) is 14.2 Å². The Bertz CT molecular complexity index is 847. The molecule has 0 amide bonds. The summed E-state index contributed by atoms with van der Waals surface area (Å²) in [6.45, 7) is 5.73. The second-order valence-electron chi connectivity index (χ2n) is 14.7. The molecule has 10 heteroatoms. The molecule has 0 radical (unpaired) electrons. The maximum absolute atomic E-state index is 12.6. The molecule has 0 bridgehead atoms. The lowest BCUT2D eigenvalue weighted by Crippen LogP contribution is -2.37. The molecular weight excluding hydrogens is 641 g/mol. The number of hydrogen-bond acceptors (Lipinski definition) is 8. The molecule has 0 aliphatic carbocycles. The second kappa shape index (κ2) is 32.6. The summed E-state index contributed by atoms with van der Waals surface area (Å²) in [6, 6.07) is 0. The summed E-state index contributed by atoms with van der Waals surface area (Å²) in [4.78, 5) is 37.3. The first-order valence-electron chi connectivity index (χ1n) is 19.9. The van der Waals surface area contributed by atoms with Crippen LogP contribution in [0.4, 0.5) is 0 Å². The van der Waals surface area contributed by atoms with Crippen LogP contribution in [0.25, 0.3) is 0 Å². The van der Waals surface area contributed by atoms with E-state index >= 15 is 0 Å². The number of quaternary nitrogens is 1. The SMILES string of the molecule is C=CCCCCCCCCCCCCCCCC(=O)O[C@H](COC(=O)CCCCCCCCCCCC)COP(=O)([O-])OCC[N+](C)(C)C. The minimum absolute atomic E-state index is 0.0285. The van der Waals surface area contributed by atoms with Gasteiger partial charge in [-0.2, -0.15) is 0 Å². The average Bonchev–Trinajstić information content (AvgIpc) is 3.04. The first-order valence-corrected chi connectivity index (χ1v) is 21.3. The van der Waals surface area contributed by atoms with Crippen molar-refractivity contribution in [1.29, 1.82) is 0 Å². The number of hydrogen-bond donors (Lipinski definition) is 0. The molecule has 9 nitrogen and oxygen atoms in total. The number of phosphoric ester groups is 1. The minimum Gasteiger partial charge on any atom is -0.756 e. The molecule has 0 fully saturated rings. The molecule has 0 aromatic heterocycles. The molecule has 49 heavy (non-hydrogen) atoms. The van der Waals surface area contributed by atoms with Crippen molar-refractivity contribution in [2.24, 2.45) is 0 Å². The molecule has 0 aliphatic heterocycles. The van der Waals surface area contributed by atoms with Crippen LogP contribution in [-0.2, 0) is 32.7 Å². The maximum Gasteiger partial charge on any atom is 0.306 e. The van der Waals surface area contributed by atoms with E-state index in [1.807, 2.05) is 27.2 Å². The Labute approximate surface area is 301 Å². The van der Waals surface area contributed by atoms with Crippen molar-refractivity contribution >= 4 is 19.8 Å². The first kappa shape index (κ1) is 47.8. The van der Waals surface area contributed by atoms with E-state index in [2.05, 4.69) is 13.5 Å². The van der Waals surface area contributed by atoms with Gasteiger partial charge in [-0.15, -0.1) is 6.58 Å². The van der Waals surface area contributed by atoms with Gasteiger partial charge in [-0.1, -0.05) is 141 Å². The van der Waals surface area contributed by atoms with Crippen molar-refractivity contribution < 1.29 is 42.1 Å². The van der Waals surface area contributed by atoms with Gasteiger partial charge in [0, 0.05) is 12.8 Å². The van der Waals surface area contributed by atoms with E-state index in [4.69, 9.17) is 18.5 Å². The minimum atomic E-state index is -4.61. The number of ether oxygens (including phenoxy) is 2. The third-order valence-corrected chi connectivity index (χ3v) is 9.65. The fourth-order valence-electron chi connectivity index (χ4n) is 5.52. The molecule has 290 valence electrons. The molecule has 0 N–H and O–H groups in total. The van der Waals surface area contributed by atoms with Gasteiger partial charge in [0.05, 0.1) is 27.7 Å². The van der Waals surface area contributed by atoms with Crippen LogP contribution in [-0.4, -0.2) is 70.0 Å². The molecule has 0 saturated heterocycles. The Hall–Kier alpha value is -1.25. The molecule has 0 rings (SSSR count). The summed E-state index contributed by atoms with van der Waals surface area (Å²) >= 11 is 0. The van der Waals surface area contributed by atoms with E-state index < -0.39 is 26.5 Å². The van der Waals surface area contributed by atoms with Crippen molar-refractivity contribution in [3.05, 3.63) is 12.7 Å². The van der Waals surface area contributed by atoms with Crippen molar-refractivity contribution in [3.8, 4) is 0 Å². The molecule has 0 aromatic rings. The molecular formula is C39H76NO8P. The van der Waals surface area contributed by atoms with Crippen LogP contribution in [0.2, 0.25) is 0 Å². The molecule has 0 aliphatic rings. The molecule has 0 spiro atoms. The monoisotopic (exact) mass is 718 g/mol. The lowest BCUT2D eigenvalue weighted by Gasteiger charge is -2.28. The van der Waals surface area contributed by atoms with Crippen LogP contribution >= 0.6 is 7.82 Å². The quantitative estimate of drug-likeness (QED) is 0.0205. The molecule has 2 atom stereocenters. The summed E-state index contributed by atoms with van der Waals surface area (Å²) in [5.74, 6) is -0.833. The van der Waals surface area contributed by atoms with Crippen LogP contribution in [0, 0.1) is 0 Å². The number of carbonyl (C=O) groups is 2. The van der Waals surface area contributed by atoms with Gasteiger partial charge in [0.25, 0.3) is 7.82 Å². The maximum atomic E-state index is 12.6. The summed E-state index contributed by atoms with van der Waals surface area (Å²) in [5, 5.41) is 0. The van der Waals surface area contributed by atoms with Crippen molar-refractivity contribution in [2.45, 2.75) is 180 Å². The van der Waals surface area contributed by atoms with Crippen LogP contribution in [0.1, 0.15) is 174 Å². The topological polar surface area (TPSA) is 111 Å². The predicted octanol–water partition coefficient (Wildman–Crippen LogP) is 10.00. The van der Waals surface area contributed by atoms with Crippen LogP contribution < -0.4 is 4.89 Å². The number of esters is 2. The van der Waals surface area contributed by atoms with Gasteiger partial charge < -0.3 is 27.9 Å². The van der Waals surface area contributed by atoms with Gasteiger partial charge >= 0.3 is 11.9 Å². The van der Waals surface area contributed by atoms with Crippen molar-refractivity contribution in [1.82, 2.24) is 0 Å². The van der Waals surface area contributed by atoms with E-state index in [0.717, 1.165) is 44.9 Å². The number of carbonyl (C=O) groups excluding carboxylic acids is 2. The van der Waals surface area contributed by atoms with E-state index in [1.165, 1.54) is 103 Å². The van der Waals surface area contributed by atoms with E-state index in [0.29, 0.717) is 17.4 Å². The number of phosphoric acid groups is 1. The zero-order valence-electron chi connectivity index (χ0n) is 32.2. The second-order valence-corrected chi connectivity index (χ2v) is 16.2. The summed E-state index contributed by atoms with van der Waals surface area (Å²) in [6.07, 6.45) is 29.9. The summed E-state index contributed by atoms with van der Waals surface area (Å²) < 4.78 is 33.8. The fraction of sp³-hybridized carbons (Fsp3) is 0.897. The lowest BCUT2D eigenvalue weighted by molar-refractivity contribution is -0.870. The van der Waals surface area contributed by atoms with Gasteiger partial charge in [0.2, 0.25) is 0 Å². The zero-order valence-corrected chi connectivity index (χ0v) is 33.1. The smallest absolute Gasteiger partial charge is 0.306 e. The number of nitrogens with zero attached hydrogens (tertiary/aromatic N) is 1. The molecule has 0 aromatic carbocycles. The lowest BCUT2D eigenvalue weighted by atomic mass is 10.0. The predicted molar refractivity (Wildman–Crippen MR) is 199 cm³/mol. The highest BCUT2D eigenvalue weighted by molar-refractivity contribution is 7.45. The Balaban J connectivity index is 4.36. The van der Waals surface area contributed by atoms with Gasteiger partial charge in [-0.25, -0.2) is 0 Å². The zero-order chi connectivity index (χ0) is 36.5. The number of rotatable bonds is 37. The molecule has 1 unspecified atom stereocenters. The Morgan fingerprint density at radius 1 is 0.653 bits per heavy atom. The highest BCUT2D eigenvalue weighted by atomic mass is 31.2. The largest absolute Gasteiger partial charge is 0.756 e. The molecule has 0 heterocycles. The summed E-state index contributed by atoms with van der Waals surface area (Å²) in [5.41, 5.74) is 0. The fourth-order valence-corrected chi connectivity index (χ4v) is 6.25. The van der Waals surface area contributed by atoms with Gasteiger partial charge in [0.15, 0.2) is 6.10 Å². The van der Waals surface area contributed by atoms with Crippen LogP contribution in [0.15, 0.2) is 12.7 Å². The van der Waals surface area contributed by atoms with Gasteiger partial charge in [0.1, 0.15) is 19.8 Å². The Kier molecular flexibility index (Phi) is 31.8. The third-order valence-electron chi connectivity index (χ3n) is 8.68. The van der Waals surface area contributed by atoms with Gasteiger partial charge in [-0.05, 0) is 25.7 Å². The van der Waals surface area contributed by atoms with Crippen LogP contribution in [0.3, 0.4) is 0 Å².